The Morgan fingerprint density at radius 2 is 1.86 bits per heavy atom. The van der Waals surface area contributed by atoms with Gasteiger partial charge in [-0.2, -0.15) is 0 Å². The monoisotopic (exact) mass is 294 g/mol. The second-order valence-corrected chi connectivity index (χ2v) is 6.91. The fourth-order valence-electron chi connectivity index (χ4n) is 4.53. The summed E-state index contributed by atoms with van der Waals surface area (Å²) in [5, 5.41) is 9.55. The Hall–Kier alpha value is -1.26. The predicted octanol–water partition coefficient (Wildman–Crippen LogP) is 2.41. The Morgan fingerprint density at radius 3 is 2.48 bits per heavy atom. The third-order valence-electron chi connectivity index (χ3n) is 5.85. The van der Waals surface area contributed by atoms with Crippen molar-refractivity contribution in [3.63, 3.8) is 0 Å². The lowest BCUT2D eigenvalue weighted by molar-refractivity contribution is -0.142. The number of hydrogen-bond donors (Lipinski definition) is 1. The van der Waals surface area contributed by atoms with E-state index in [1.807, 2.05) is 4.90 Å². The van der Waals surface area contributed by atoms with Crippen molar-refractivity contribution in [1.29, 1.82) is 0 Å². The van der Waals surface area contributed by atoms with Gasteiger partial charge in [0.15, 0.2) is 0 Å². The van der Waals surface area contributed by atoms with Crippen molar-refractivity contribution in [1.82, 2.24) is 9.80 Å². The lowest BCUT2D eigenvalue weighted by Gasteiger charge is -2.36. The molecule has 2 aliphatic heterocycles. The van der Waals surface area contributed by atoms with Gasteiger partial charge < -0.3 is 14.9 Å². The van der Waals surface area contributed by atoms with E-state index in [9.17, 15) is 14.7 Å². The summed E-state index contributed by atoms with van der Waals surface area (Å²) in [5.74, 6) is 0.492. The third kappa shape index (κ3) is 2.62. The fourth-order valence-corrected chi connectivity index (χ4v) is 4.53. The van der Waals surface area contributed by atoms with E-state index in [1.165, 1.54) is 6.42 Å². The van der Waals surface area contributed by atoms with Crippen molar-refractivity contribution >= 4 is 12.0 Å². The zero-order chi connectivity index (χ0) is 15.0. The summed E-state index contributed by atoms with van der Waals surface area (Å²) in [6.45, 7) is 4.42. The molecule has 0 aromatic heterocycles. The quantitative estimate of drug-likeness (QED) is 0.851. The van der Waals surface area contributed by atoms with Gasteiger partial charge in [-0.3, -0.25) is 0 Å². The summed E-state index contributed by atoms with van der Waals surface area (Å²) in [7, 11) is 0. The Morgan fingerprint density at radius 1 is 1.14 bits per heavy atom. The summed E-state index contributed by atoms with van der Waals surface area (Å²) < 4.78 is 0. The highest BCUT2D eigenvalue weighted by atomic mass is 16.4. The van der Waals surface area contributed by atoms with E-state index in [4.69, 9.17) is 0 Å². The van der Waals surface area contributed by atoms with Gasteiger partial charge in [0.05, 0.1) is 0 Å². The average Bonchev–Trinajstić information content (AvgIpc) is 3.06. The fraction of sp³-hybridized carbons (Fsp3) is 0.875. The van der Waals surface area contributed by atoms with Gasteiger partial charge in [-0.1, -0.05) is 19.8 Å². The van der Waals surface area contributed by atoms with Crippen LogP contribution in [0.3, 0.4) is 0 Å². The molecule has 5 heteroatoms. The largest absolute Gasteiger partial charge is 0.480 e. The minimum atomic E-state index is -0.818. The zero-order valence-corrected chi connectivity index (χ0v) is 12.8. The topological polar surface area (TPSA) is 60.9 Å². The zero-order valence-electron chi connectivity index (χ0n) is 12.8. The molecule has 0 spiro atoms. The molecule has 1 N–H and O–H groups in total. The summed E-state index contributed by atoms with van der Waals surface area (Å²) in [6, 6.07) is -0.625. The van der Waals surface area contributed by atoms with Crippen molar-refractivity contribution < 1.29 is 14.7 Å². The number of carbonyl (C=O) groups is 2. The van der Waals surface area contributed by atoms with Crippen molar-refractivity contribution in [2.75, 3.05) is 19.6 Å². The molecule has 3 rings (SSSR count). The highest BCUT2D eigenvalue weighted by Gasteiger charge is 2.50. The molecule has 2 amide bonds. The molecular weight excluding hydrogens is 268 g/mol. The smallest absolute Gasteiger partial charge is 0.326 e. The first-order valence-corrected chi connectivity index (χ1v) is 8.40. The predicted molar refractivity (Wildman–Crippen MR) is 78.9 cm³/mol. The van der Waals surface area contributed by atoms with Crippen LogP contribution in [0.5, 0.6) is 0 Å². The molecule has 118 valence electrons. The second-order valence-electron chi connectivity index (χ2n) is 6.91. The van der Waals surface area contributed by atoms with Gasteiger partial charge in [0.2, 0.25) is 0 Å². The molecule has 0 aromatic rings. The number of nitrogens with zero attached hydrogens (tertiary/aromatic N) is 2. The molecule has 0 radical (unpaired) electrons. The number of likely N-dealkylation sites (tertiary alicyclic amines) is 2. The van der Waals surface area contributed by atoms with Crippen LogP contribution in [-0.4, -0.2) is 52.6 Å². The van der Waals surface area contributed by atoms with Gasteiger partial charge >= 0.3 is 12.0 Å². The van der Waals surface area contributed by atoms with E-state index < -0.39 is 12.0 Å². The van der Waals surface area contributed by atoms with E-state index in [0.29, 0.717) is 12.5 Å². The van der Waals surface area contributed by atoms with Crippen molar-refractivity contribution in [2.45, 2.75) is 51.5 Å². The van der Waals surface area contributed by atoms with Gasteiger partial charge in [-0.15, -0.1) is 0 Å². The van der Waals surface area contributed by atoms with Crippen molar-refractivity contribution in [3.8, 4) is 0 Å². The number of hydrogen-bond acceptors (Lipinski definition) is 2. The van der Waals surface area contributed by atoms with Gasteiger partial charge in [0, 0.05) is 19.6 Å². The highest BCUT2D eigenvalue weighted by Crippen LogP contribution is 2.42. The number of carboxylic acid groups (broad SMARTS) is 1. The van der Waals surface area contributed by atoms with Crippen LogP contribution in [-0.2, 0) is 4.79 Å². The molecular formula is C16H26N2O3. The van der Waals surface area contributed by atoms with Crippen LogP contribution in [0.25, 0.3) is 0 Å². The van der Waals surface area contributed by atoms with Crippen LogP contribution >= 0.6 is 0 Å². The number of carboxylic acids is 1. The van der Waals surface area contributed by atoms with Crippen LogP contribution in [0.2, 0.25) is 0 Å². The molecule has 21 heavy (non-hydrogen) atoms. The first-order chi connectivity index (χ1) is 10.1. The number of aliphatic carboxylic acids is 1. The molecule has 2 heterocycles. The van der Waals surface area contributed by atoms with Gasteiger partial charge in [-0.25, -0.2) is 9.59 Å². The first kappa shape index (κ1) is 14.7. The minimum Gasteiger partial charge on any atom is -0.480 e. The molecule has 3 unspecified atom stereocenters. The van der Waals surface area contributed by atoms with Gasteiger partial charge in [-0.05, 0) is 43.4 Å². The molecule has 5 nitrogen and oxygen atoms in total. The summed E-state index contributed by atoms with van der Waals surface area (Å²) in [4.78, 5) is 27.9. The summed E-state index contributed by atoms with van der Waals surface area (Å²) in [5.41, 5.74) is 0. The summed E-state index contributed by atoms with van der Waals surface area (Å²) in [6.07, 6.45) is 6.44. The molecule has 1 saturated carbocycles. The van der Waals surface area contributed by atoms with Crippen molar-refractivity contribution in [2.24, 2.45) is 17.8 Å². The Bertz CT molecular complexity index is 418. The maximum atomic E-state index is 12.7. The number of fused-ring (bicyclic) bond motifs is 1. The molecule has 3 aliphatic rings. The SMILES string of the molecule is CCC1CCN(C(=O)N2CC3CCCC3C2C(=O)O)CC1. The van der Waals surface area contributed by atoms with E-state index in [0.717, 1.165) is 51.1 Å². The number of carbonyl (C=O) groups excluding carboxylic acids is 1. The van der Waals surface area contributed by atoms with E-state index in [-0.39, 0.29) is 11.9 Å². The summed E-state index contributed by atoms with van der Waals surface area (Å²) >= 11 is 0. The Kier molecular flexibility index (Phi) is 4.09. The first-order valence-electron chi connectivity index (χ1n) is 8.40. The van der Waals surface area contributed by atoms with E-state index in [2.05, 4.69) is 6.92 Å². The third-order valence-corrected chi connectivity index (χ3v) is 5.85. The van der Waals surface area contributed by atoms with Crippen LogP contribution in [0.15, 0.2) is 0 Å². The number of urea groups is 1. The lowest BCUT2D eigenvalue weighted by atomic mass is 9.94. The normalized spacial score (nSPS) is 33.3. The van der Waals surface area contributed by atoms with Crippen LogP contribution in [0, 0.1) is 17.8 Å². The average molecular weight is 294 g/mol. The lowest BCUT2D eigenvalue weighted by Crippen LogP contribution is -2.51. The molecule has 2 saturated heterocycles. The highest BCUT2D eigenvalue weighted by molar-refractivity contribution is 5.84. The molecule has 0 aromatic carbocycles. The molecule has 0 bridgehead atoms. The number of amides is 2. The van der Waals surface area contributed by atoms with E-state index in [1.54, 1.807) is 4.90 Å². The minimum absolute atomic E-state index is 0.0358. The maximum Gasteiger partial charge on any atom is 0.326 e. The number of piperidine rings is 1. The molecule has 3 atom stereocenters. The second kappa shape index (κ2) is 5.85. The Balaban J connectivity index is 1.68. The van der Waals surface area contributed by atoms with Gasteiger partial charge in [0.25, 0.3) is 0 Å². The van der Waals surface area contributed by atoms with Crippen LogP contribution < -0.4 is 0 Å². The van der Waals surface area contributed by atoms with Crippen molar-refractivity contribution in [3.05, 3.63) is 0 Å². The maximum absolute atomic E-state index is 12.7. The van der Waals surface area contributed by atoms with Gasteiger partial charge in [0.1, 0.15) is 6.04 Å². The van der Waals surface area contributed by atoms with E-state index >= 15 is 0 Å². The Labute approximate surface area is 126 Å². The van der Waals surface area contributed by atoms with Crippen LogP contribution in [0.4, 0.5) is 4.79 Å². The molecule has 1 aliphatic carbocycles. The molecule has 3 fully saturated rings. The standard InChI is InChI=1S/C16H26N2O3/c1-2-11-6-8-17(9-7-11)16(21)18-10-12-4-3-5-13(12)14(18)15(19)20/h11-14H,2-10H2,1H3,(H,19,20). The van der Waals surface area contributed by atoms with Crippen LogP contribution in [0.1, 0.15) is 45.4 Å². The number of rotatable bonds is 2.